The average molecular weight is 401 g/mol. The molecule has 0 aromatic heterocycles. The fourth-order valence-electron chi connectivity index (χ4n) is 8.90. The summed E-state index contributed by atoms with van der Waals surface area (Å²) in [6.45, 7) is 15.1. The molecule has 4 rings (SSSR count). The maximum atomic E-state index is 10.1. The number of aliphatic hydroxyl groups excluding tert-OH is 1. The van der Waals surface area contributed by atoms with E-state index in [4.69, 9.17) is 0 Å². The molecule has 9 atom stereocenters. The summed E-state index contributed by atoms with van der Waals surface area (Å²) in [5, 5.41) is 10.1. The van der Waals surface area contributed by atoms with E-state index in [0.717, 1.165) is 60.2 Å². The van der Waals surface area contributed by atoms with Crippen molar-refractivity contribution < 1.29 is 5.11 Å². The van der Waals surface area contributed by atoms with Crippen molar-refractivity contribution in [2.45, 2.75) is 106 Å². The molecular formula is C28H48O. The molecule has 0 heterocycles. The first-order valence-electron chi connectivity index (χ1n) is 13.0. The quantitative estimate of drug-likeness (QED) is 0.491. The van der Waals surface area contributed by atoms with Crippen molar-refractivity contribution >= 4 is 0 Å². The summed E-state index contributed by atoms with van der Waals surface area (Å²) in [6, 6.07) is 0. The standard InChI is InChI=1S/C28H48O/c1-18(2)19(3)7-8-20(4)24-11-12-25-23-10-9-21-17-22(29)13-15-27(21,5)26(23)14-16-28(24,25)6/h13,18-21,23-26,29H,7-12,14-17H2,1-6H3/t19-,20-,21?,23+,24-,25+,26-,27+,28-/m1/s1. The van der Waals surface area contributed by atoms with Gasteiger partial charge in [0.2, 0.25) is 0 Å². The minimum atomic E-state index is 0.451. The van der Waals surface area contributed by atoms with E-state index in [9.17, 15) is 5.11 Å². The smallest absolute Gasteiger partial charge is 0.0886 e. The van der Waals surface area contributed by atoms with Crippen molar-refractivity contribution in [2.75, 3.05) is 0 Å². The Labute approximate surface area is 181 Å². The van der Waals surface area contributed by atoms with Crippen molar-refractivity contribution in [3.8, 4) is 0 Å². The molecule has 29 heavy (non-hydrogen) atoms. The third-order valence-electron chi connectivity index (χ3n) is 11.3. The Kier molecular flexibility index (Phi) is 5.93. The van der Waals surface area contributed by atoms with Crippen LogP contribution in [-0.4, -0.2) is 5.11 Å². The van der Waals surface area contributed by atoms with E-state index >= 15 is 0 Å². The number of rotatable bonds is 5. The lowest BCUT2D eigenvalue weighted by Gasteiger charge is -2.60. The van der Waals surface area contributed by atoms with Gasteiger partial charge < -0.3 is 5.11 Å². The topological polar surface area (TPSA) is 20.2 Å². The Balaban J connectivity index is 1.47. The first kappa shape index (κ1) is 21.8. The van der Waals surface area contributed by atoms with Crippen LogP contribution in [0.3, 0.4) is 0 Å². The van der Waals surface area contributed by atoms with E-state index in [0.29, 0.717) is 16.6 Å². The van der Waals surface area contributed by atoms with Gasteiger partial charge in [0.1, 0.15) is 0 Å². The molecule has 0 amide bonds. The Hall–Kier alpha value is -0.460. The van der Waals surface area contributed by atoms with E-state index in [2.05, 4.69) is 47.6 Å². The first-order chi connectivity index (χ1) is 13.7. The molecule has 0 aromatic carbocycles. The molecule has 1 heteroatoms. The molecule has 1 nitrogen and oxygen atoms in total. The van der Waals surface area contributed by atoms with Crippen molar-refractivity contribution in [1.82, 2.24) is 0 Å². The minimum Gasteiger partial charge on any atom is -0.513 e. The van der Waals surface area contributed by atoms with E-state index in [1.54, 1.807) is 0 Å². The number of fused-ring (bicyclic) bond motifs is 5. The van der Waals surface area contributed by atoms with Crippen LogP contribution in [0.15, 0.2) is 11.8 Å². The fraction of sp³-hybridized carbons (Fsp3) is 0.929. The molecule has 0 spiro atoms. The third kappa shape index (κ3) is 3.61. The lowest BCUT2D eigenvalue weighted by Crippen LogP contribution is -2.52. The van der Waals surface area contributed by atoms with Gasteiger partial charge in [-0.2, -0.15) is 0 Å². The summed E-state index contributed by atoms with van der Waals surface area (Å²) in [5.41, 5.74) is 1.05. The van der Waals surface area contributed by atoms with Gasteiger partial charge in [0, 0.05) is 6.42 Å². The van der Waals surface area contributed by atoms with Gasteiger partial charge in [-0.25, -0.2) is 0 Å². The molecule has 0 bridgehead atoms. The molecule has 3 fully saturated rings. The van der Waals surface area contributed by atoms with Gasteiger partial charge in [-0.1, -0.05) is 54.4 Å². The van der Waals surface area contributed by atoms with Crippen LogP contribution in [0.4, 0.5) is 0 Å². The number of hydrogen-bond acceptors (Lipinski definition) is 1. The predicted molar refractivity (Wildman–Crippen MR) is 124 cm³/mol. The largest absolute Gasteiger partial charge is 0.513 e. The van der Waals surface area contributed by atoms with Crippen LogP contribution < -0.4 is 0 Å². The first-order valence-corrected chi connectivity index (χ1v) is 13.0. The average Bonchev–Trinajstić information content (AvgIpc) is 3.03. The van der Waals surface area contributed by atoms with Crippen LogP contribution in [0, 0.1) is 58.2 Å². The molecule has 0 saturated heterocycles. The number of hydrogen-bond donors (Lipinski definition) is 1. The summed E-state index contributed by atoms with van der Waals surface area (Å²) in [6.07, 6.45) is 15.8. The van der Waals surface area contributed by atoms with Crippen molar-refractivity contribution in [3.63, 3.8) is 0 Å². The van der Waals surface area contributed by atoms with E-state index in [1.807, 2.05) is 0 Å². The second-order valence-electron chi connectivity index (χ2n) is 12.8. The van der Waals surface area contributed by atoms with Crippen LogP contribution in [-0.2, 0) is 0 Å². The van der Waals surface area contributed by atoms with Crippen LogP contribution in [0.5, 0.6) is 0 Å². The van der Waals surface area contributed by atoms with Crippen molar-refractivity contribution in [2.24, 2.45) is 58.2 Å². The summed E-state index contributed by atoms with van der Waals surface area (Å²) in [7, 11) is 0. The summed E-state index contributed by atoms with van der Waals surface area (Å²) in [4.78, 5) is 0. The second-order valence-corrected chi connectivity index (χ2v) is 12.8. The predicted octanol–water partition coefficient (Wildman–Crippen LogP) is 8.41. The maximum absolute atomic E-state index is 10.1. The molecular weight excluding hydrogens is 352 g/mol. The molecule has 1 unspecified atom stereocenters. The highest BCUT2D eigenvalue weighted by atomic mass is 16.3. The lowest BCUT2D eigenvalue weighted by atomic mass is 9.45. The van der Waals surface area contributed by atoms with Gasteiger partial charge in [-0.15, -0.1) is 0 Å². The van der Waals surface area contributed by atoms with Gasteiger partial charge >= 0.3 is 0 Å². The van der Waals surface area contributed by atoms with Gasteiger partial charge in [-0.05, 0) is 109 Å². The zero-order chi connectivity index (χ0) is 21.0. The number of aliphatic hydroxyl groups is 1. The SMILES string of the molecule is CC(C)[C@H](C)CC[C@@H](C)[C@H]1CC[C@H]2[C@@H]3CCC4CC(O)=CC[C@]4(C)[C@@H]3CC[C@]12C. The third-order valence-corrected chi connectivity index (χ3v) is 11.3. The highest BCUT2D eigenvalue weighted by Gasteiger charge is 2.60. The van der Waals surface area contributed by atoms with Crippen molar-refractivity contribution in [1.29, 1.82) is 0 Å². The Morgan fingerprint density at radius 1 is 0.931 bits per heavy atom. The van der Waals surface area contributed by atoms with Crippen LogP contribution in [0.25, 0.3) is 0 Å². The fourth-order valence-corrected chi connectivity index (χ4v) is 8.90. The maximum Gasteiger partial charge on any atom is 0.0886 e. The summed E-state index contributed by atoms with van der Waals surface area (Å²) in [5.74, 6) is 7.76. The van der Waals surface area contributed by atoms with E-state index in [-0.39, 0.29) is 0 Å². The zero-order valence-corrected chi connectivity index (χ0v) is 20.2. The lowest BCUT2D eigenvalue weighted by molar-refractivity contribution is -0.104. The molecule has 0 radical (unpaired) electrons. The monoisotopic (exact) mass is 400 g/mol. The van der Waals surface area contributed by atoms with Crippen LogP contribution in [0.2, 0.25) is 0 Å². The second kappa shape index (κ2) is 7.90. The minimum absolute atomic E-state index is 0.451. The van der Waals surface area contributed by atoms with E-state index < -0.39 is 0 Å². The van der Waals surface area contributed by atoms with Gasteiger partial charge in [-0.3, -0.25) is 0 Å². The normalized spacial score (nSPS) is 46.4. The Morgan fingerprint density at radius 2 is 1.66 bits per heavy atom. The molecule has 0 aromatic rings. The summed E-state index contributed by atoms with van der Waals surface area (Å²) >= 11 is 0. The highest BCUT2D eigenvalue weighted by molar-refractivity contribution is 5.14. The van der Waals surface area contributed by atoms with E-state index in [1.165, 1.54) is 51.4 Å². The molecule has 4 aliphatic rings. The van der Waals surface area contributed by atoms with Crippen LogP contribution in [0.1, 0.15) is 106 Å². The molecule has 166 valence electrons. The van der Waals surface area contributed by atoms with Crippen LogP contribution >= 0.6 is 0 Å². The summed E-state index contributed by atoms with van der Waals surface area (Å²) < 4.78 is 0. The molecule has 1 N–H and O–H groups in total. The Morgan fingerprint density at radius 3 is 2.38 bits per heavy atom. The van der Waals surface area contributed by atoms with Gasteiger partial charge in [0.05, 0.1) is 5.76 Å². The number of allylic oxidation sites excluding steroid dienone is 2. The molecule has 4 aliphatic carbocycles. The Bertz CT molecular complexity index is 620. The molecule has 3 saturated carbocycles. The van der Waals surface area contributed by atoms with Gasteiger partial charge in [0.25, 0.3) is 0 Å². The zero-order valence-electron chi connectivity index (χ0n) is 20.2. The highest BCUT2D eigenvalue weighted by Crippen LogP contribution is 2.68. The molecule has 0 aliphatic heterocycles. The van der Waals surface area contributed by atoms with Gasteiger partial charge in [0.15, 0.2) is 0 Å². The van der Waals surface area contributed by atoms with Crippen molar-refractivity contribution in [3.05, 3.63) is 11.8 Å².